The fraction of sp³-hybridized carbons (Fsp3) is 0.462. The van der Waals surface area contributed by atoms with Gasteiger partial charge in [0.2, 0.25) is 0 Å². The summed E-state index contributed by atoms with van der Waals surface area (Å²) >= 11 is 5.83. The largest absolute Gasteiger partial charge is 0.508 e. The van der Waals surface area contributed by atoms with Gasteiger partial charge in [0.05, 0.1) is 10.4 Å². The number of phenolic OH excluding ortho intramolecular Hbond substituents is 2. The zero-order chi connectivity index (χ0) is 12.5. The Balaban J connectivity index is 2.53. The van der Waals surface area contributed by atoms with Crippen molar-refractivity contribution in [1.29, 1.82) is 0 Å². The third-order valence-electron chi connectivity index (χ3n) is 3.56. The molecule has 4 heteroatoms. The Morgan fingerprint density at radius 3 is 2.41 bits per heavy atom. The Bertz CT molecular complexity index is 437. The van der Waals surface area contributed by atoms with Crippen LogP contribution in [0.2, 0.25) is 5.02 Å². The van der Waals surface area contributed by atoms with Crippen molar-refractivity contribution in [2.75, 3.05) is 0 Å². The van der Waals surface area contributed by atoms with Gasteiger partial charge in [-0.1, -0.05) is 30.9 Å². The van der Waals surface area contributed by atoms with Crippen molar-refractivity contribution in [3.05, 3.63) is 22.7 Å². The summed E-state index contributed by atoms with van der Waals surface area (Å²) in [5.74, 6) is -0.104. The summed E-state index contributed by atoms with van der Waals surface area (Å²) in [6, 6.07) is 2.72. The van der Waals surface area contributed by atoms with Crippen LogP contribution in [0.15, 0.2) is 12.1 Å². The van der Waals surface area contributed by atoms with E-state index >= 15 is 0 Å². The van der Waals surface area contributed by atoms with Crippen LogP contribution in [0.4, 0.5) is 0 Å². The first kappa shape index (κ1) is 12.2. The highest BCUT2D eigenvalue weighted by Gasteiger charge is 2.36. The van der Waals surface area contributed by atoms with Crippen LogP contribution in [0.5, 0.6) is 11.5 Å². The van der Waals surface area contributed by atoms with Crippen molar-refractivity contribution in [1.82, 2.24) is 0 Å². The summed E-state index contributed by atoms with van der Waals surface area (Å²) in [6.07, 6.45) is 5.28. The highest BCUT2D eigenvalue weighted by Crippen LogP contribution is 2.45. The lowest BCUT2D eigenvalue weighted by atomic mass is 9.70. The number of halogens is 1. The van der Waals surface area contributed by atoms with E-state index in [-0.39, 0.29) is 16.5 Å². The third kappa shape index (κ3) is 2.12. The standard InChI is InChI=1S/C13H15ClO3/c14-11-7-9(16)6-10(12(11)17)13(8-15)4-2-1-3-5-13/h6-8,16-17H,1-5H2. The molecule has 1 saturated carbocycles. The molecule has 1 aromatic rings. The van der Waals surface area contributed by atoms with Gasteiger partial charge in [0.25, 0.3) is 0 Å². The van der Waals surface area contributed by atoms with Crippen LogP contribution in [0, 0.1) is 0 Å². The molecule has 0 amide bonds. The van der Waals surface area contributed by atoms with E-state index in [0.717, 1.165) is 25.5 Å². The zero-order valence-corrected chi connectivity index (χ0v) is 10.2. The molecule has 0 unspecified atom stereocenters. The van der Waals surface area contributed by atoms with Crippen LogP contribution in [0.25, 0.3) is 0 Å². The summed E-state index contributed by atoms with van der Waals surface area (Å²) in [5.41, 5.74) is -0.234. The van der Waals surface area contributed by atoms with Crippen molar-refractivity contribution in [3.63, 3.8) is 0 Å². The average molecular weight is 255 g/mol. The molecule has 2 rings (SSSR count). The van der Waals surface area contributed by atoms with E-state index in [2.05, 4.69) is 0 Å². The van der Waals surface area contributed by atoms with Crippen LogP contribution in [0.1, 0.15) is 37.7 Å². The summed E-state index contributed by atoms with van der Waals surface area (Å²) < 4.78 is 0. The molecule has 0 radical (unpaired) electrons. The van der Waals surface area contributed by atoms with Gasteiger partial charge in [-0.05, 0) is 18.9 Å². The van der Waals surface area contributed by atoms with E-state index in [1.807, 2.05) is 0 Å². The van der Waals surface area contributed by atoms with Gasteiger partial charge in [-0.2, -0.15) is 0 Å². The summed E-state index contributed by atoms with van der Waals surface area (Å²) in [7, 11) is 0. The van der Waals surface area contributed by atoms with Crippen LogP contribution in [-0.4, -0.2) is 16.5 Å². The minimum Gasteiger partial charge on any atom is -0.508 e. The number of rotatable bonds is 2. The highest BCUT2D eigenvalue weighted by molar-refractivity contribution is 6.32. The number of benzene rings is 1. The van der Waals surface area contributed by atoms with Gasteiger partial charge in [0.1, 0.15) is 17.8 Å². The average Bonchev–Trinajstić information content (AvgIpc) is 2.34. The van der Waals surface area contributed by atoms with Gasteiger partial charge in [0.15, 0.2) is 0 Å². The number of phenols is 2. The number of carbonyl (C=O) groups excluding carboxylic acids is 1. The second kappa shape index (κ2) is 4.57. The Morgan fingerprint density at radius 1 is 1.18 bits per heavy atom. The maximum Gasteiger partial charge on any atom is 0.138 e. The third-order valence-corrected chi connectivity index (χ3v) is 3.84. The van der Waals surface area contributed by atoms with Gasteiger partial charge < -0.3 is 15.0 Å². The van der Waals surface area contributed by atoms with Crippen molar-refractivity contribution in [2.24, 2.45) is 0 Å². The van der Waals surface area contributed by atoms with E-state index in [9.17, 15) is 15.0 Å². The molecule has 2 N–H and O–H groups in total. The van der Waals surface area contributed by atoms with Crippen LogP contribution in [-0.2, 0) is 10.2 Å². The fourth-order valence-corrected chi connectivity index (χ4v) is 2.81. The first-order valence-corrected chi connectivity index (χ1v) is 6.15. The van der Waals surface area contributed by atoms with Gasteiger partial charge in [-0.15, -0.1) is 0 Å². The molecule has 0 aliphatic heterocycles. The predicted molar refractivity (Wildman–Crippen MR) is 65.6 cm³/mol. The number of hydrogen-bond donors (Lipinski definition) is 2. The molecule has 1 fully saturated rings. The molecule has 1 aliphatic rings. The molecular weight excluding hydrogens is 240 g/mol. The lowest BCUT2D eigenvalue weighted by molar-refractivity contribution is -0.113. The maximum atomic E-state index is 11.4. The number of aldehydes is 1. The van der Waals surface area contributed by atoms with E-state index in [1.54, 1.807) is 0 Å². The lowest BCUT2D eigenvalue weighted by Gasteiger charge is -2.33. The normalized spacial score (nSPS) is 18.9. The molecule has 0 heterocycles. The highest BCUT2D eigenvalue weighted by atomic mass is 35.5. The van der Waals surface area contributed by atoms with Crippen LogP contribution >= 0.6 is 11.6 Å². The molecule has 3 nitrogen and oxygen atoms in total. The molecule has 1 aliphatic carbocycles. The molecule has 0 aromatic heterocycles. The molecular formula is C13H15ClO3. The van der Waals surface area contributed by atoms with Crippen molar-refractivity contribution in [2.45, 2.75) is 37.5 Å². The SMILES string of the molecule is O=CC1(c2cc(O)cc(Cl)c2O)CCCCC1. The summed E-state index contributed by atoms with van der Waals surface area (Å²) in [5, 5.41) is 19.6. The Hall–Kier alpha value is -1.22. The second-order valence-corrected chi connectivity index (χ2v) is 5.07. The molecule has 92 valence electrons. The van der Waals surface area contributed by atoms with E-state index in [4.69, 9.17) is 11.6 Å². The smallest absolute Gasteiger partial charge is 0.138 e. The molecule has 0 spiro atoms. The van der Waals surface area contributed by atoms with Gasteiger partial charge in [-0.3, -0.25) is 0 Å². The van der Waals surface area contributed by atoms with Gasteiger partial charge in [0, 0.05) is 11.6 Å². The first-order chi connectivity index (χ1) is 8.09. The number of carbonyl (C=O) groups is 1. The zero-order valence-electron chi connectivity index (χ0n) is 9.45. The Labute approximate surface area is 105 Å². The Kier molecular flexibility index (Phi) is 3.29. The summed E-state index contributed by atoms with van der Waals surface area (Å²) in [4.78, 5) is 11.4. The number of hydrogen-bond acceptors (Lipinski definition) is 3. The minimum atomic E-state index is -0.690. The minimum absolute atomic E-state index is 0.0189. The van der Waals surface area contributed by atoms with Crippen molar-refractivity contribution in [3.8, 4) is 11.5 Å². The van der Waals surface area contributed by atoms with E-state index < -0.39 is 5.41 Å². The van der Waals surface area contributed by atoms with E-state index in [0.29, 0.717) is 18.4 Å². The van der Waals surface area contributed by atoms with Gasteiger partial charge in [-0.25, -0.2) is 0 Å². The van der Waals surface area contributed by atoms with Crippen molar-refractivity contribution >= 4 is 17.9 Å². The molecule has 0 saturated heterocycles. The van der Waals surface area contributed by atoms with Crippen LogP contribution < -0.4 is 0 Å². The topological polar surface area (TPSA) is 57.5 Å². The lowest BCUT2D eigenvalue weighted by Crippen LogP contribution is -2.30. The molecule has 0 bridgehead atoms. The molecule has 1 aromatic carbocycles. The predicted octanol–water partition coefficient (Wildman–Crippen LogP) is 3.15. The number of aromatic hydroxyl groups is 2. The Morgan fingerprint density at radius 2 is 1.82 bits per heavy atom. The van der Waals surface area contributed by atoms with E-state index in [1.165, 1.54) is 12.1 Å². The van der Waals surface area contributed by atoms with Crippen molar-refractivity contribution < 1.29 is 15.0 Å². The monoisotopic (exact) mass is 254 g/mol. The second-order valence-electron chi connectivity index (χ2n) is 4.66. The van der Waals surface area contributed by atoms with Crippen LogP contribution in [0.3, 0.4) is 0 Å². The van der Waals surface area contributed by atoms with Gasteiger partial charge >= 0.3 is 0 Å². The maximum absolute atomic E-state index is 11.4. The fourth-order valence-electron chi connectivity index (χ4n) is 2.60. The molecule has 0 atom stereocenters. The molecule has 17 heavy (non-hydrogen) atoms. The first-order valence-electron chi connectivity index (χ1n) is 5.77. The quantitative estimate of drug-likeness (QED) is 0.630. The summed E-state index contributed by atoms with van der Waals surface area (Å²) in [6.45, 7) is 0.